The smallest absolute Gasteiger partial charge is 0.160 e. The summed E-state index contributed by atoms with van der Waals surface area (Å²) < 4.78 is 0. The van der Waals surface area contributed by atoms with E-state index in [1.54, 1.807) is 13.0 Å². The molecule has 0 saturated heterocycles. The largest absolute Gasteiger partial charge is 0.294 e. The third kappa shape index (κ3) is 2.99. The summed E-state index contributed by atoms with van der Waals surface area (Å²) in [6, 6.07) is 13.8. The number of benzene rings is 2. The van der Waals surface area contributed by atoms with Gasteiger partial charge in [0.15, 0.2) is 5.78 Å². The van der Waals surface area contributed by atoms with Crippen molar-refractivity contribution in [2.75, 3.05) is 0 Å². The molecule has 2 aromatic carbocycles. The van der Waals surface area contributed by atoms with E-state index in [1.165, 1.54) is 11.1 Å². The quantitative estimate of drug-likeness (QED) is 0.744. The summed E-state index contributed by atoms with van der Waals surface area (Å²) in [4.78, 5) is 11.6. The van der Waals surface area contributed by atoms with Crippen molar-refractivity contribution in [1.29, 1.82) is 0 Å². The Bertz CT molecular complexity index is 587. The van der Waals surface area contributed by atoms with Gasteiger partial charge in [0.1, 0.15) is 0 Å². The minimum Gasteiger partial charge on any atom is -0.294 e. The first-order chi connectivity index (χ1) is 8.56. The van der Waals surface area contributed by atoms with Crippen LogP contribution in [0.15, 0.2) is 42.5 Å². The standard InChI is InChI=1S/C16H15ClO/c1-11-4-3-5-13(8-11)9-14-6-7-15(17)10-16(14)12(2)18/h3-8,10H,9H2,1-2H3. The van der Waals surface area contributed by atoms with Crippen LogP contribution in [0.25, 0.3) is 0 Å². The highest BCUT2D eigenvalue weighted by molar-refractivity contribution is 6.31. The zero-order chi connectivity index (χ0) is 13.1. The predicted octanol–water partition coefficient (Wildman–Crippen LogP) is 4.44. The summed E-state index contributed by atoms with van der Waals surface area (Å²) in [5.41, 5.74) is 4.17. The molecule has 1 nitrogen and oxygen atoms in total. The molecule has 2 rings (SSSR count). The summed E-state index contributed by atoms with van der Waals surface area (Å²) >= 11 is 5.94. The van der Waals surface area contributed by atoms with E-state index in [0.29, 0.717) is 10.6 Å². The summed E-state index contributed by atoms with van der Waals surface area (Å²) in [6.45, 7) is 3.64. The van der Waals surface area contributed by atoms with Crippen LogP contribution in [-0.4, -0.2) is 5.78 Å². The summed E-state index contributed by atoms with van der Waals surface area (Å²) in [7, 11) is 0. The fourth-order valence-electron chi connectivity index (χ4n) is 2.07. The highest BCUT2D eigenvalue weighted by atomic mass is 35.5. The Hall–Kier alpha value is -1.60. The van der Waals surface area contributed by atoms with Gasteiger partial charge in [-0.05, 0) is 43.5 Å². The van der Waals surface area contributed by atoms with Crippen molar-refractivity contribution in [3.05, 3.63) is 69.7 Å². The molecule has 0 amide bonds. The number of hydrogen-bond acceptors (Lipinski definition) is 1. The van der Waals surface area contributed by atoms with E-state index in [0.717, 1.165) is 12.0 Å². The molecular formula is C16H15ClO. The molecule has 0 bridgehead atoms. The van der Waals surface area contributed by atoms with Gasteiger partial charge < -0.3 is 0 Å². The van der Waals surface area contributed by atoms with Gasteiger partial charge in [0, 0.05) is 10.6 Å². The summed E-state index contributed by atoms with van der Waals surface area (Å²) in [6.07, 6.45) is 0.758. The molecule has 0 N–H and O–H groups in total. The SMILES string of the molecule is CC(=O)c1cc(Cl)ccc1Cc1cccc(C)c1. The first-order valence-corrected chi connectivity index (χ1v) is 6.29. The predicted molar refractivity (Wildman–Crippen MR) is 75.4 cm³/mol. The number of Topliss-reactive ketones (excluding diaryl/α,β-unsaturated/α-hetero) is 1. The van der Waals surface area contributed by atoms with Gasteiger partial charge in [-0.15, -0.1) is 0 Å². The number of carbonyl (C=O) groups excluding carboxylic acids is 1. The molecule has 0 unspecified atom stereocenters. The van der Waals surface area contributed by atoms with Gasteiger partial charge >= 0.3 is 0 Å². The van der Waals surface area contributed by atoms with E-state index in [-0.39, 0.29) is 5.78 Å². The van der Waals surface area contributed by atoms with E-state index in [4.69, 9.17) is 11.6 Å². The Kier molecular flexibility index (Phi) is 3.83. The maximum absolute atomic E-state index is 11.6. The Morgan fingerprint density at radius 3 is 2.61 bits per heavy atom. The number of hydrogen-bond donors (Lipinski definition) is 0. The fourth-order valence-corrected chi connectivity index (χ4v) is 2.24. The van der Waals surface area contributed by atoms with Crippen LogP contribution < -0.4 is 0 Å². The van der Waals surface area contributed by atoms with Crippen molar-refractivity contribution in [3.63, 3.8) is 0 Å². The molecule has 18 heavy (non-hydrogen) atoms. The van der Waals surface area contributed by atoms with Gasteiger partial charge in [-0.1, -0.05) is 47.5 Å². The second kappa shape index (κ2) is 5.36. The van der Waals surface area contributed by atoms with Gasteiger partial charge in [-0.3, -0.25) is 4.79 Å². The van der Waals surface area contributed by atoms with Crippen LogP contribution in [-0.2, 0) is 6.42 Å². The average molecular weight is 259 g/mol. The first kappa shape index (κ1) is 12.8. The first-order valence-electron chi connectivity index (χ1n) is 5.91. The molecule has 0 radical (unpaired) electrons. The topological polar surface area (TPSA) is 17.1 Å². The Morgan fingerprint density at radius 1 is 1.17 bits per heavy atom. The van der Waals surface area contributed by atoms with E-state index < -0.39 is 0 Å². The number of ketones is 1. The second-order valence-electron chi connectivity index (χ2n) is 4.52. The number of carbonyl (C=O) groups is 1. The summed E-state index contributed by atoms with van der Waals surface area (Å²) in [5.74, 6) is 0.0557. The van der Waals surface area contributed by atoms with Gasteiger partial charge in [0.25, 0.3) is 0 Å². The molecule has 0 aliphatic carbocycles. The number of aryl methyl sites for hydroxylation is 1. The van der Waals surface area contributed by atoms with Crippen LogP contribution in [0.2, 0.25) is 5.02 Å². The van der Waals surface area contributed by atoms with Crippen molar-refractivity contribution in [2.24, 2.45) is 0 Å². The molecule has 0 aliphatic heterocycles. The molecule has 0 aliphatic rings. The Balaban J connectivity index is 2.37. The molecule has 0 heterocycles. The molecule has 0 spiro atoms. The van der Waals surface area contributed by atoms with Crippen LogP contribution in [0.5, 0.6) is 0 Å². The van der Waals surface area contributed by atoms with Gasteiger partial charge in [-0.25, -0.2) is 0 Å². The Labute approximate surface area is 112 Å². The number of rotatable bonds is 3. The lowest BCUT2D eigenvalue weighted by Crippen LogP contribution is -2.00. The molecule has 0 aromatic heterocycles. The molecule has 2 aromatic rings. The third-order valence-electron chi connectivity index (χ3n) is 2.93. The van der Waals surface area contributed by atoms with Crippen molar-refractivity contribution in [2.45, 2.75) is 20.3 Å². The highest BCUT2D eigenvalue weighted by Crippen LogP contribution is 2.20. The van der Waals surface area contributed by atoms with Crippen LogP contribution in [0, 0.1) is 6.92 Å². The van der Waals surface area contributed by atoms with Gasteiger partial charge in [-0.2, -0.15) is 0 Å². The van der Waals surface area contributed by atoms with Gasteiger partial charge in [0.05, 0.1) is 0 Å². The lowest BCUT2D eigenvalue weighted by atomic mass is 9.97. The number of halogens is 1. The average Bonchev–Trinajstić information content (AvgIpc) is 2.31. The zero-order valence-corrected chi connectivity index (χ0v) is 11.3. The third-order valence-corrected chi connectivity index (χ3v) is 3.16. The van der Waals surface area contributed by atoms with Crippen molar-refractivity contribution in [1.82, 2.24) is 0 Å². The molecule has 2 heteroatoms. The van der Waals surface area contributed by atoms with Crippen LogP contribution >= 0.6 is 11.6 Å². The van der Waals surface area contributed by atoms with E-state index in [9.17, 15) is 4.79 Å². The van der Waals surface area contributed by atoms with Crippen LogP contribution in [0.3, 0.4) is 0 Å². The molecular weight excluding hydrogens is 244 g/mol. The fraction of sp³-hybridized carbons (Fsp3) is 0.188. The maximum Gasteiger partial charge on any atom is 0.160 e. The van der Waals surface area contributed by atoms with Crippen LogP contribution in [0.4, 0.5) is 0 Å². The molecule has 0 atom stereocenters. The van der Waals surface area contributed by atoms with Crippen molar-refractivity contribution < 1.29 is 4.79 Å². The second-order valence-corrected chi connectivity index (χ2v) is 4.96. The van der Waals surface area contributed by atoms with E-state index in [1.807, 2.05) is 18.2 Å². The Morgan fingerprint density at radius 2 is 1.94 bits per heavy atom. The normalized spacial score (nSPS) is 10.4. The minimum absolute atomic E-state index is 0.0557. The molecule has 0 fully saturated rings. The van der Waals surface area contributed by atoms with Crippen molar-refractivity contribution in [3.8, 4) is 0 Å². The zero-order valence-electron chi connectivity index (χ0n) is 10.5. The van der Waals surface area contributed by atoms with Crippen molar-refractivity contribution >= 4 is 17.4 Å². The van der Waals surface area contributed by atoms with E-state index >= 15 is 0 Å². The molecule has 0 saturated carbocycles. The monoisotopic (exact) mass is 258 g/mol. The van der Waals surface area contributed by atoms with E-state index in [2.05, 4.69) is 25.1 Å². The summed E-state index contributed by atoms with van der Waals surface area (Å²) in [5, 5.41) is 0.605. The van der Waals surface area contributed by atoms with Gasteiger partial charge in [0.2, 0.25) is 0 Å². The lowest BCUT2D eigenvalue weighted by Gasteiger charge is -2.08. The maximum atomic E-state index is 11.6. The lowest BCUT2D eigenvalue weighted by molar-refractivity contribution is 0.101. The van der Waals surface area contributed by atoms with Crippen LogP contribution in [0.1, 0.15) is 34.0 Å². The minimum atomic E-state index is 0.0557. The molecule has 92 valence electrons. The highest BCUT2D eigenvalue weighted by Gasteiger charge is 2.08.